The van der Waals surface area contributed by atoms with Crippen molar-refractivity contribution in [3.63, 3.8) is 0 Å². The molecule has 45 heavy (non-hydrogen) atoms. The van der Waals surface area contributed by atoms with Gasteiger partial charge in [-0.25, -0.2) is 4.79 Å². The second kappa shape index (κ2) is 12.8. The molecule has 3 aliphatic rings. The van der Waals surface area contributed by atoms with Gasteiger partial charge in [0.05, 0.1) is 23.8 Å². The molecule has 1 spiro atoms. The Bertz CT molecular complexity index is 1670. The van der Waals surface area contributed by atoms with E-state index in [9.17, 15) is 19.2 Å². The third kappa shape index (κ3) is 6.70. The predicted octanol–water partition coefficient (Wildman–Crippen LogP) is 5.94. The summed E-state index contributed by atoms with van der Waals surface area (Å²) >= 11 is 6.40. The summed E-state index contributed by atoms with van der Waals surface area (Å²) in [6.45, 7) is 2.00. The summed E-state index contributed by atoms with van der Waals surface area (Å²) in [5.41, 5.74) is 2.80. The number of aromatic nitrogens is 1. The van der Waals surface area contributed by atoms with Crippen molar-refractivity contribution in [3.8, 4) is 11.1 Å². The Kier molecular flexibility index (Phi) is 8.84. The first-order chi connectivity index (χ1) is 21.7. The second-order valence-corrected chi connectivity index (χ2v) is 12.9. The Labute approximate surface area is 267 Å². The molecule has 2 fully saturated rings. The Morgan fingerprint density at radius 3 is 2.42 bits per heavy atom. The number of hydrogen-bond donors (Lipinski definition) is 2. The number of pyridine rings is 1. The number of carbonyl (C=O) groups is 3. The first kappa shape index (κ1) is 31.0. The van der Waals surface area contributed by atoms with Gasteiger partial charge in [-0.1, -0.05) is 17.7 Å². The maximum Gasteiger partial charge on any atom is 0.338 e. The zero-order valence-electron chi connectivity index (χ0n) is 25.6. The van der Waals surface area contributed by atoms with Gasteiger partial charge in [0.1, 0.15) is 6.04 Å². The van der Waals surface area contributed by atoms with E-state index in [1.807, 2.05) is 18.2 Å². The number of nitrogens with one attached hydrogen (secondary N) is 2. The lowest BCUT2D eigenvalue weighted by molar-refractivity contribution is -0.120. The summed E-state index contributed by atoms with van der Waals surface area (Å²) in [6, 6.07) is 12.7. The highest BCUT2D eigenvalue weighted by atomic mass is 35.5. The molecule has 2 aliphatic carbocycles. The van der Waals surface area contributed by atoms with Crippen molar-refractivity contribution in [1.29, 1.82) is 0 Å². The monoisotopic (exact) mass is 631 g/mol. The number of rotatable bonds is 8. The Morgan fingerprint density at radius 2 is 1.76 bits per heavy atom. The molecule has 236 valence electrons. The number of nitrogens with zero attached hydrogens (tertiary/aromatic N) is 1. The minimum absolute atomic E-state index is 0.190. The molecule has 2 saturated carbocycles. The quantitative estimate of drug-likeness (QED) is 0.297. The molecule has 0 bridgehead atoms. The van der Waals surface area contributed by atoms with Crippen LogP contribution in [0.15, 0.2) is 59.5 Å². The van der Waals surface area contributed by atoms with Gasteiger partial charge in [-0.15, -0.1) is 0 Å². The number of anilines is 1. The van der Waals surface area contributed by atoms with Gasteiger partial charge in [-0.05, 0) is 112 Å². The van der Waals surface area contributed by atoms with Gasteiger partial charge in [0.25, 0.3) is 11.5 Å². The lowest BCUT2D eigenvalue weighted by Gasteiger charge is -2.31. The molecule has 2 amide bonds. The van der Waals surface area contributed by atoms with E-state index in [0.29, 0.717) is 40.2 Å². The molecule has 2 N–H and O–H groups in total. The fourth-order valence-corrected chi connectivity index (χ4v) is 6.89. The number of methoxy groups -OCH3 is 1. The molecule has 0 radical (unpaired) electrons. The van der Waals surface area contributed by atoms with Crippen molar-refractivity contribution in [3.05, 3.63) is 86.8 Å². The molecular formula is C35H38ClN3O6. The van der Waals surface area contributed by atoms with Crippen molar-refractivity contribution >= 4 is 35.1 Å². The van der Waals surface area contributed by atoms with Crippen LogP contribution in [0, 0.1) is 5.92 Å². The van der Waals surface area contributed by atoms with Crippen LogP contribution >= 0.6 is 11.6 Å². The summed E-state index contributed by atoms with van der Waals surface area (Å²) in [7, 11) is 1.72. The SMILES string of the molecule is CCOC(=O)c1ccc(NC(=O)C(CC2CCC(OC)CC2)n2cc3c(cc2=O)-c2cc(Cl)ccc2CC2(CC2)NC3=O)cc1. The fraction of sp³-hybridized carbons (Fsp3) is 0.429. The standard InChI is InChI=1S/C35H38ClN3O6/c1-3-45-34(43)22-7-10-25(11-8-22)37-33(42)30(16-21-4-12-26(44-2)13-5-21)39-20-29-28(18-31(39)40)27-17-24(36)9-6-23(27)19-35(14-15-35)38-32(29)41/h6-11,17-18,20-21,26,30H,3-5,12-16,19H2,1-2H3,(H,37,42)(H,38,41). The van der Waals surface area contributed by atoms with E-state index in [-0.39, 0.29) is 41.5 Å². The topological polar surface area (TPSA) is 116 Å². The molecule has 9 nitrogen and oxygen atoms in total. The van der Waals surface area contributed by atoms with Crippen LogP contribution in [0.5, 0.6) is 0 Å². The Balaban J connectivity index is 1.37. The number of halogens is 1. The number of carbonyl (C=O) groups excluding carboxylic acids is 3. The van der Waals surface area contributed by atoms with Crippen molar-refractivity contribution in [2.24, 2.45) is 5.92 Å². The molecule has 6 rings (SSSR count). The third-order valence-corrected chi connectivity index (χ3v) is 9.67. The van der Waals surface area contributed by atoms with Gasteiger partial charge in [0.15, 0.2) is 0 Å². The van der Waals surface area contributed by atoms with Crippen LogP contribution in [0.1, 0.15) is 84.2 Å². The average molecular weight is 632 g/mol. The van der Waals surface area contributed by atoms with Crippen LogP contribution in [-0.4, -0.2) is 47.7 Å². The predicted molar refractivity (Wildman–Crippen MR) is 172 cm³/mol. The van der Waals surface area contributed by atoms with Gasteiger partial charge in [0, 0.05) is 41.2 Å². The molecule has 3 aromatic rings. The Hall–Kier alpha value is -3.95. The number of amides is 2. The van der Waals surface area contributed by atoms with Gasteiger partial charge in [-0.3, -0.25) is 14.4 Å². The zero-order chi connectivity index (χ0) is 31.7. The normalized spacial score (nSPS) is 20.6. The highest BCUT2D eigenvalue weighted by molar-refractivity contribution is 6.31. The summed E-state index contributed by atoms with van der Waals surface area (Å²) in [6.07, 6.45) is 8.08. The molecule has 1 aliphatic heterocycles. The highest BCUT2D eigenvalue weighted by Crippen LogP contribution is 2.43. The van der Waals surface area contributed by atoms with Gasteiger partial charge < -0.3 is 24.7 Å². The van der Waals surface area contributed by atoms with E-state index >= 15 is 0 Å². The molecule has 1 unspecified atom stereocenters. The number of ether oxygens (including phenoxy) is 2. The van der Waals surface area contributed by atoms with E-state index in [1.54, 1.807) is 44.5 Å². The van der Waals surface area contributed by atoms with Crippen LogP contribution in [0.25, 0.3) is 11.1 Å². The van der Waals surface area contributed by atoms with E-state index in [4.69, 9.17) is 21.1 Å². The van der Waals surface area contributed by atoms with Crippen LogP contribution in [0.2, 0.25) is 5.02 Å². The highest BCUT2D eigenvalue weighted by Gasteiger charge is 2.46. The van der Waals surface area contributed by atoms with Crippen LogP contribution in [0.4, 0.5) is 5.69 Å². The van der Waals surface area contributed by atoms with E-state index < -0.39 is 12.0 Å². The maximum absolute atomic E-state index is 14.0. The van der Waals surface area contributed by atoms with Gasteiger partial charge in [-0.2, -0.15) is 0 Å². The smallest absolute Gasteiger partial charge is 0.338 e. The second-order valence-electron chi connectivity index (χ2n) is 12.5. The first-order valence-electron chi connectivity index (χ1n) is 15.7. The molecule has 10 heteroatoms. The lowest BCUT2D eigenvalue weighted by atomic mass is 9.83. The van der Waals surface area contributed by atoms with Crippen molar-refractivity contribution in [1.82, 2.24) is 9.88 Å². The molecule has 0 saturated heterocycles. The molecule has 1 atom stereocenters. The molecule has 1 aromatic heterocycles. The van der Waals surface area contributed by atoms with Crippen molar-refractivity contribution in [2.45, 2.75) is 76.0 Å². The van der Waals surface area contributed by atoms with Gasteiger partial charge in [0.2, 0.25) is 5.91 Å². The molecule has 2 heterocycles. The Morgan fingerprint density at radius 1 is 1.02 bits per heavy atom. The van der Waals surface area contributed by atoms with E-state index in [0.717, 1.165) is 49.7 Å². The van der Waals surface area contributed by atoms with Crippen LogP contribution < -0.4 is 16.2 Å². The van der Waals surface area contributed by atoms with E-state index in [1.165, 1.54) is 10.6 Å². The largest absolute Gasteiger partial charge is 0.462 e. The number of esters is 1. The minimum atomic E-state index is -0.872. The summed E-state index contributed by atoms with van der Waals surface area (Å²) < 4.78 is 12.0. The lowest BCUT2D eigenvalue weighted by Crippen LogP contribution is -2.41. The third-order valence-electron chi connectivity index (χ3n) is 9.43. The number of fused-ring (bicyclic) bond motifs is 3. The van der Waals surface area contributed by atoms with Crippen molar-refractivity contribution in [2.75, 3.05) is 19.0 Å². The average Bonchev–Trinajstić information content (AvgIpc) is 3.79. The van der Waals surface area contributed by atoms with E-state index in [2.05, 4.69) is 10.6 Å². The maximum atomic E-state index is 14.0. The van der Waals surface area contributed by atoms with Gasteiger partial charge >= 0.3 is 5.97 Å². The van der Waals surface area contributed by atoms with Crippen LogP contribution in [-0.2, 0) is 20.7 Å². The first-order valence-corrected chi connectivity index (χ1v) is 16.0. The number of benzene rings is 2. The summed E-state index contributed by atoms with van der Waals surface area (Å²) in [5.74, 6) is -0.893. The van der Waals surface area contributed by atoms with Crippen molar-refractivity contribution < 1.29 is 23.9 Å². The fourth-order valence-electron chi connectivity index (χ4n) is 6.71. The zero-order valence-corrected chi connectivity index (χ0v) is 26.3. The van der Waals surface area contributed by atoms with Crippen LogP contribution in [0.3, 0.4) is 0 Å². The summed E-state index contributed by atoms with van der Waals surface area (Å²) in [5, 5.41) is 6.67. The minimum Gasteiger partial charge on any atom is -0.462 e. The molecular weight excluding hydrogens is 594 g/mol. The summed E-state index contributed by atoms with van der Waals surface area (Å²) in [4.78, 5) is 53.7. The molecule has 2 aromatic carbocycles. The number of hydrogen-bond acceptors (Lipinski definition) is 6.